The first-order valence-corrected chi connectivity index (χ1v) is 6.64. The number of carbonyl (C=O) groups excluding carboxylic acids is 1. The third-order valence-corrected chi connectivity index (χ3v) is 3.59. The lowest BCUT2D eigenvalue weighted by Crippen LogP contribution is -2.37. The van der Waals surface area contributed by atoms with E-state index in [1.165, 1.54) is 6.33 Å². The van der Waals surface area contributed by atoms with Crippen LogP contribution in [0.3, 0.4) is 0 Å². The predicted octanol–water partition coefficient (Wildman–Crippen LogP) is 1.19. The third kappa shape index (κ3) is 2.47. The SMILES string of the molecule is Nc1ncnc2c1CCN(C(=O)Cc1ccccc1)C2. The number of benzene rings is 1. The van der Waals surface area contributed by atoms with Gasteiger partial charge in [-0.1, -0.05) is 30.3 Å². The first-order valence-electron chi connectivity index (χ1n) is 6.64. The van der Waals surface area contributed by atoms with E-state index in [0.29, 0.717) is 25.3 Å². The molecule has 0 radical (unpaired) electrons. The quantitative estimate of drug-likeness (QED) is 0.888. The van der Waals surface area contributed by atoms with Crippen LogP contribution in [0.5, 0.6) is 0 Å². The molecular weight excluding hydrogens is 252 g/mol. The molecule has 0 saturated heterocycles. The second-order valence-corrected chi connectivity index (χ2v) is 4.91. The van der Waals surface area contributed by atoms with Crippen LogP contribution in [-0.4, -0.2) is 27.3 Å². The van der Waals surface area contributed by atoms with Crippen LogP contribution >= 0.6 is 0 Å². The summed E-state index contributed by atoms with van der Waals surface area (Å²) in [5, 5.41) is 0. The van der Waals surface area contributed by atoms with Crippen molar-refractivity contribution >= 4 is 11.7 Å². The molecule has 2 aromatic rings. The van der Waals surface area contributed by atoms with Gasteiger partial charge in [-0.15, -0.1) is 0 Å². The normalized spacial score (nSPS) is 13.9. The summed E-state index contributed by atoms with van der Waals surface area (Å²) >= 11 is 0. The van der Waals surface area contributed by atoms with Crippen LogP contribution < -0.4 is 5.73 Å². The molecule has 1 aromatic heterocycles. The van der Waals surface area contributed by atoms with Crippen molar-refractivity contribution in [1.82, 2.24) is 14.9 Å². The molecule has 0 atom stereocenters. The number of amides is 1. The molecule has 0 saturated carbocycles. The summed E-state index contributed by atoms with van der Waals surface area (Å²) in [5.74, 6) is 0.657. The molecule has 0 aliphatic carbocycles. The summed E-state index contributed by atoms with van der Waals surface area (Å²) in [6, 6.07) is 9.78. The summed E-state index contributed by atoms with van der Waals surface area (Å²) in [4.78, 5) is 22.4. The second kappa shape index (κ2) is 5.28. The molecule has 0 fully saturated rings. The lowest BCUT2D eigenvalue weighted by molar-refractivity contribution is -0.131. The molecule has 102 valence electrons. The van der Waals surface area contributed by atoms with Gasteiger partial charge in [0.2, 0.25) is 5.91 Å². The van der Waals surface area contributed by atoms with Crippen LogP contribution in [0.4, 0.5) is 5.82 Å². The summed E-state index contributed by atoms with van der Waals surface area (Å²) < 4.78 is 0. The number of rotatable bonds is 2. The molecule has 1 aliphatic rings. The molecule has 1 amide bonds. The van der Waals surface area contributed by atoms with Gasteiger partial charge in [0.25, 0.3) is 0 Å². The van der Waals surface area contributed by atoms with Gasteiger partial charge in [-0.2, -0.15) is 0 Å². The van der Waals surface area contributed by atoms with Crippen molar-refractivity contribution < 1.29 is 4.79 Å². The molecule has 1 aliphatic heterocycles. The van der Waals surface area contributed by atoms with Gasteiger partial charge in [0.1, 0.15) is 12.1 Å². The summed E-state index contributed by atoms with van der Waals surface area (Å²) in [7, 11) is 0. The highest BCUT2D eigenvalue weighted by molar-refractivity contribution is 5.79. The number of nitrogens with two attached hydrogens (primary N) is 1. The number of aromatic nitrogens is 2. The topological polar surface area (TPSA) is 72.1 Å². The van der Waals surface area contributed by atoms with E-state index in [9.17, 15) is 4.79 Å². The Balaban J connectivity index is 1.72. The Morgan fingerprint density at radius 1 is 1.25 bits per heavy atom. The van der Waals surface area contributed by atoms with Crippen LogP contribution in [0.15, 0.2) is 36.7 Å². The number of hydrogen-bond donors (Lipinski definition) is 1. The highest BCUT2D eigenvalue weighted by Crippen LogP contribution is 2.20. The molecule has 1 aromatic carbocycles. The minimum Gasteiger partial charge on any atom is -0.383 e. The Bertz CT molecular complexity index is 627. The number of fused-ring (bicyclic) bond motifs is 1. The third-order valence-electron chi connectivity index (χ3n) is 3.59. The van der Waals surface area contributed by atoms with Crippen LogP contribution in [0.25, 0.3) is 0 Å². The molecule has 2 heterocycles. The fourth-order valence-corrected chi connectivity index (χ4v) is 2.47. The van der Waals surface area contributed by atoms with Gasteiger partial charge in [-0.3, -0.25) is 4.79 Å². The standard InChI is InChI=1S/C15H16N4O/c16-15-12-6-7-19(9-13(12)17-10-18-15)14(20)8-11-4-2-1-3-5-11/h1-5,10H,6-9H2,(H2,16,17,18). The van der Waals surface area contributed by atoms with Crippen LogP contribution in [0.1, 0.15) is 16.8 Å². The minimum absolute atomic E-state index is 0.124. The van der Waals surface area contributed by atoms with Crippen molar-refractivity contribution in [1.29, 1.82) is 0 Å². The van der Waals surface area contributed by atoms with Crippen molar-refractivity contribution in [3.05, 3.63) is 53.5 Å². The van der Waals surface area contributed by atoms with E-state index in [-0.39, 0.29) is 5.91 Å². The summed E-state index contributed by atoms with van der Waals surface area (Å²) in [6.45, 7) is 1.20. The maximum atomic E-state index is 12.3. The Hall–Kier alpha value is -2.43. The molecular formula is C15H16N4O. The van der Waals surface area contributed by atoms with Crippen molar-refractivity contribution in [3.8, 4) is 0 Å². The fraction of sp³-hybridized carbons (Fsp3) is 0.267. The Labute approximate surface area is 117 Å². The van der Waals surface area contributed by atoms with E-state index >= 15 is 0 Å². The van der Waals surface area contributed by atoms with Gasteiger partial charge >= 0.3 is 0 Å². The molecule has 0 spiro atoms. The first kappa shape index (κ1) is 12.6. The van der Waals surface area contributed by atoms with Crippen molar-refractivity contribution in [3.63, 3.8) is 0 Å². The molecule has 5 heteroatoms. The average Bonchev–Trinajstić information content (AvgIpc) is 2.48. The summed E-state index contributed by atoms with van der Waals surface area (Å²) in [6.07, 6.45) is 2.61. The molecule has 0 unspecified atom stereocenters. The van der Waals surface area contributed by atoms with Gasteiger partial charge in [0.15, 0.2) is 0 Å². The number of nitrogens with zero attached hydrogens (tertiary/aromatic N) is 3. The smallest absolute Gasteiger partial charge is 0.227 e. The number of nitrogen functional groups attached to an aromatic ring is 1. The summed E-state index contributed by atoms with van der Waals surface area (Å²) in [5.41, 5.74) is 8.71. The van der Waals surface area contributed by atoms with Crippen LogP contribution in [-0.2, 0) is 24.2 Å². The highest BCUT2D eigenvalue weighted by Gasteiger charge is 2.23. The van der Waals surface area contributed by atoms with Gasteiger partial charge in [0, 0.05) is 12.1 Å². The van der Waals surface area contributed by atoms with Crippen LogP contribution in [0, 0.1) is 0 Å². The van der Waals surface area contributed by atoms with E-state index in [1.54, 1.807) is 0 Å². The van der Waals surface area contributed by atoms with Crippen molar-refractivity contribution in [2.45, 2.75) is 19.4 Å². The van der Waals surface area contributed by atoms with Gasteiger partial charge in [-0.25, -0.2) is 9.97 Å². The maximum Gasteiger partial charge on any atom is 0.227 e. The zero-order valence-corrected chi connectivity index (χ0v) is 11.1. The largest absolute Gasteiger partial charge is 0.383 e. The zero-order valence-electron chi connectivity index (χ0n) is 11.1. The first-order chi connectivity index (χ1) is 9.74. The number of hydrogen-bond acceptors (Lipinski definition) is 4. The van der Waals surface area contributed by atoms with Crippen molar-refractivity contribution in [2.24, 2.45) is 0 Å². The molecule has 5 nitrogen and oxygen atoms in total. The molecule has 20 heavy (non-hydrogen) atoms. The average molecular weight is 268 g/mol. The fourth-order valence-electron chi connectivity index (χ4n) is 2.47. The van der Waals surface area contributed by atoms with E-state index in [0.717, 1.165) is 23.2 Å². The maximum absolute atomic E-state index is 12.3. The van der Waals surface area contributed by atoms with Gasteiger partial charge < -0.3 is 10.6 Å². The molecule has 3 rings (SSSR count). The van der Waals surface area contributed by atoms with E-state index < -0.39 is 0 Å². The zero-order chi connectivity index (χ0) is 13.9. The number of anilines is 1. The van der Waals surface area contributed by atoms with E-state index in [1.807, 2.05) is 35.2 Å². The second-order valence-electron chi connectivity index (χ2n) is 4.91. The van der Waals surface area contributed by atoms with E-state index in [4.69, 9.17) is 5.73 Å². The lowest BCUT2D eigenvalue weighted by Gasteiger charge is -2.28. The molecule has 0 bridgehead atoms. The minimum atomic E-state index is 0.124. The number of carbonyl (C=O) groups is 1. The van der Waals surface area contributed by atoms with Gasteiger partial charge in [-0.05, 0) is 12.0 Å². The Morgan fingerprint density at radius 2 is 2.05 bits per heavy atom. The van der Waals surface area contributed by atoms with Gasteiger partial charge in [0.05, 0.1) is 18.7 Å². The Kier molecular flexibility index (Phi) is 3.33. The predicted molar refractivity (Wildman–Crippen MR) is 75.7 cm³/mol. The van der Waals surface area contributed by atoms with E-state index in [2.05, 4.69) is 9.97 Å². The molecule has 2 N–H and O–H groups in total. The monoisotopic (exact) mass is 268 g/mol. The highest BCUT2D eigenvalue weighted by atomic mass is 16.2. The lowest BCUT2D eigenvalue weighted by atomic mass is 10.0. The van der Waals surface area contributed by atoms with Crippen LogP contribution in [0.2, 0.25) is 0 Å². The Morgan fingerprint density at radius 3 is 2.85 bits per heavy atom. The van der Waals surface area contributed by atoms with Crippen molar-refractivity contribution in [2.75, 3.05) is 12.3 Å².